The van der Waals surface area contributed by atoms with Crippen LogP contribution in [0.25, 0.3) is 11.0 Å². The third-order valence-corrected chi connectivity index (χ3v) is 3.48. The van der Waals surface area contributed by atoms with Gasteiger partial charge in [0.05, 0.1) is 11.0 Å². The first kappa shape index (κ1) is 11.5. The van der Waals surface area contributed by atoms with E-state index in [1.54, 1.807) is 0 Å². The number of rotatable bonds is 3. The molecule has 1 aromatic heterocycles. The molecule has 0 aliphatic rings. The monoisotopic (exact) mass is 281 g/mol. The van der Waals surface area contributed by atoms with E-state index in [4.69, 9.17) is 5.73 Å². The zero-order chi connectivity index (χ0) is 11.7. The Bertz CT molecular complexity index is 500. The number of anilines is 1. The SMILES string of the molecule is CCC(CC)n1c(N)nc2ccc(Br)cc21. The summed E-state index contributed by atoms with van der Waals surface area (Å²) in [7, 11) is 0. The molecule has 0 amide bonds. The van der Waals surface area contributed by atoms with Crippen LogP contribution in [0.1, 0.15) is 32.7 Å². The molecule has 0 aliphatic carbocycles. The highest BCUT2D eigenvalue weighted by molar-refractivity contribution is 9.10. The van der Waals surface area contributed by atoms with Crippen molar-refractivity contribution >= 4 is 32.9 Å². The molecule has 2 aromatic rings. The maximum Gasteiger partial charge on any atom is 0.201 e. The highest BCUT2D eigenvalue weighted by atomic mass is 79.9. The number of nitrogens with two attached hydrogens (primary N) is 1. The number of fused-ring (bicyclic) bond motifs is 1. The van der Waals surface area contributed by atoms with Crippen LogP contribution in [0, 0.1) is 0 Å². The highest BCUT2D eigenvalue weighted by Gasteiger charge is 2.14. The Morgan fingerprint density at radius 3 is 2.69 bits per heavy atom. The molecule has 0 atom stereocenters. The quantitative estimate of drug-likeness (QED) is 0.931. The number of aromatic nitrogens is 2. The highest BCUT2D eigenvalue weighted by Crippen LogP contribution is 2.28. The second-order valence-electron chi connectivity index (χ2n) is 3.94. The van der Waals surface area contributed by atoms with Crippen LogP contribution in [0.2, 0.25) is 0 Å². The fourth-order valence-corrected chi connectivity index (χ4v) is 2.47. The largest absolute Gasteiger partial charge is 0.369 e. The Morgan fingerprint density at radius 1 is 1.38 bits per heavy atom. The fourth-order valence-electron chi connectivity index (χ4n) is 2.12. The Labute approximate surface area is 104 Å². The van der Waals surface area contributed by atoms with Gasteiger partial charge in [0.2, 0.25) is 5.95 Å². The molecule has 0 spiro atoms. The average molecular weight is 282 g/mol. The third kappa shape index (κ3) is 1.82. The van der Waals surface area contributed by atoms with E-state index in [1.165, 1.54) is 0 Å². The van der Waals surface area contributed by atoms with E-state index in [-0.39, 0.29) is 0 Å². The lowest BCUT2D eigenvalue weighted by molar-refractivity contribution is 0.489. The van der Waals surface area contributed by atoms with Gasteiger partial charge in [-0.05, 0) is 31.0 Å². The van der Waals surface area contributed by atoms with Gasteiger partial charge in [-0.15, -0.1) is 0 Å². The predicted octanol–water partition coefficient (Wildman–Crippen LogP) is 3.74. The summed E-state index contributed by atoms with van der Waals surface area (Å²) in [5.74, 6) is 0.613. The van der Waals surface area contributed by atoms with Crippen molar-refractivity contribution in [3.63, 3.8) is 0 Å². The van der Waals surface area contributed by atoms with E-state index >= 15 is 0 Å². The molecule has 2 rings (SSSR count). The summed E-state index contributed by atoms with van der Waals surface area (Å²) in [6, 6.07) is 6.50. The first-order valence-electron chi connectivity index (χ1n) is 5.60. The van der Waals surface area contributed by atoms with Gasteiger partial charge in [-0.2, -0.15) is 0 Å². The van der Waals surface area contributed by atoms with Gasteiger partial charge < -0.3 is 10.3 Å². The molecule has 0 saturated carbocycles. The molecule has 86 valence electrons. The maximum absolute atomic E-state index is 5.99. The number of nitrogen functional groups attached to an aromatic ring is 1. The van der Waals surface area contributed by atoms with Crippen molar-refractivity contribution in [3.05, 3.63) is 22.7 Å². The summed E-state index contributed by atoms with van der Waals surface area (Å²) in [5.41, 5.74) is 8.07. The normalized spacial score (nSPS) is 11.5. The molecule has 0 radical (unpaired) electrons. The summed E-state index contributed by atoms with van der Waals surface area (Å²) in [6.45, 7) is 4.36. The Balaban J connectivity index is 2.66. The van der Waals surface area contributed by atoms with E-state index in [0.29, 0.717) is 12.0 Å². The first-order chi connectivity index (χ1) is 7.67. The first-order valence-corrected chi connectivity index (χ1v) is 6.39. The molecule has 1 heterocycles. The molecule has 4 heteroatoms. The number of nitrogens with zero attached hydrogens (tertiary/aromatic N) is 2. The Morgan fingerprint density at radius 2 is 2.06 bits per heavy atom. The van der Waals surface area contributed by atoms with E-state index in [9.17, 15) is 0 Å². The third-order valence-electron chi connectivity index (χ3n) is 2.99. The molecular weight excluding hydrogens is 266 g/mol. The topological polar surface area (TPSA) is 43.8 Å². The summed E-state index contributed by atoms with van der Waals surface area (Å²) in [4.78, 5) is 4.39. The van der Waals surface area contributed by atoms with Crippen molar-refractivity contribution in [2.45, 2.75) is 32.7 Å². The van der Waals surface area contributed by atoms with Crippen molar-refractivity contribution in [1.29, 1.82) is 0 Å². The van der Waals surface area contributed by atoms with Crippen LogP contribution in [-0.2, 0) is 0 Å². The van der Waals surface area contributed by atoms with Gasteiger partial charge in [0.25, 0.3) is 0 Å². The lowest BCUT2D eigenvalue weighted by atomic mass is 10.1. The van der Waals surface area contributed by atoms with E-state index in [2.05, 4.69) is 45.4 Å². The molecule has 0 bridgehead atoms. The van der Waals surface area contributed by atoms with Gasteiger partial charge in [0, 0.05) is 10.5 Å². The van der Waals surface area contributed by atoms with Crippen LogP contribution >= 0.6 is 15.9 Å². The predicted molar refractivity (Wildman–Crippen MR) is 71.5 cm³/mol. The second-order valence-corrected chi connectivity index (χ2v) is 4.86. The van der Waals surface area contributed by atoms with Gasteiger partial charge in [-0.25, -0.2) is 4.98 Å². The Kier molecular flexibility index (Phi) is 3.19. The summed E-state index contributed by atoms with van der Waals surface area (Å²) in [5, 5.41) is 0. The van der Waals surface area contributed by atoms with Gasteiger partial charge in [0.15, 0.2) is 0 Å². The van der Waals surface area contributed by atoms with Crippen molar-refractivity contribution in [2.24, 2.45) is 0 Å². The van der Waals surface area contributed by atoms with Crippen LogP contribution in [0.15, 0.2) is 22.7 Å². The lowest BCUT2D eigenvalue weighted by Gasteiger charge is -2.16. The summed E-state index contributed by atoms with van der Waals surface area (Å²) >= 11 is 3.49. The summed E-state index contributed by atoms with van der Waals surface area (Å²) in [6.07, 6.45) is 2.14. The molecule has 0 unspecified atom stereocenters. The molecule has 0 saturated heterocycles. The Hall–Kier alpha value is -1.03. The van der Waals surface area contributed by atoms with Gasteiger partial charge in [-0.3, -0.25) is 0 Å². The molecule has 0 fully saturated rings. The van der Waals surface area contributed by atoms with Gasteiger partial charge >= 0.3 is 0 Å². The van der Waals surface area contributed by atoms with Gasteiger partial charge in [-0.1, -0.05) is 29.8 Å². The smallest absolute Gasteiger partial charge is 0.201 e. The number of hydrogen-bond donors (Lipinski definition) is 1. The zero-order valence-electron chi connectivity index (χ0n) is 9.57. The van der Waals surface area contributed by atoms with Crippen molar-refractivity contribution in [2.75, 3.05) is 5.73 Å². The van der Waals surface area contributed by atoms with Crippen LogP contribution in [0.3, 0.4) is 0 Å². The molecule has 3 nitrogen and oxygen atoms in total. The van der Waals surface area contributed by atoms with Crippen molar-refractivity contribution in [3.8, 4) is 0 Å². The fraction of sp³-hybridized carbons (Fsp3) is 0.417. The van der Waals surface area contributed by atoms with Crippen LogP contribution in [-0.4, -0.2) is 9.55 Å². The molecular formula is C12H16BrN3. The molecule has 16 heavy (non-hydrogen) atoms. The lowest BCUT2D eigenvalue weighted by Crippen LogP contribution is -2.10. The maximum atomic E-state index is 5.99. The minimum absolute atomic E-state index is 0.430. The number of hydrogen-bond acceptors (Lipinski definition) is 2. The molecule has 0 aliphatic heterocycles. The minimum Gasteiger partial charge on any atom is -0.369 e. The molecule has 2 N–H and O–H groups in total. The van der Waals surface area contributed by atoms with E-state index in [1.807, 2.05) is 12.1 Å². The van der Waals surface area contributed by atoms with Gasteiger partial charge in [0.1, 0.15) is 0 Å². The minimum atomic E-state index is 0.430. The van der Waals surface area contributed by atoms with Crippen LogP contribution in [0.4, 0.5) is 5.95 Å². The number of halogens is 1. The number of imidazole rings is 1. The van der Waals surface area contributed by atoms with Crippen molar-refractivity contribution in [1.82, 2.24) is 9.55 Å². The van der Waals surface area contributed by atoms with Crippen molar-refractivity contribution < 1.29 is 0 Å². The van der Waals surface area contributed by atoms with Crippen LogP contribution in [0.5, 0.6) is 0 Å². The van der Waals surface area contributed by atoms with Crippen LogP contribution < -0.4 is 5.73 Å². The standard InChI is InChI=1S/C12H16BrN3/c1-3-9(4-2)16-11-7-8(13)5-6-10(11)15-12(16)14/h5-7,9H,3-4H2,1-2H3,(H2,14,15). The zero-order valence-corrected chi connectivity index (χ0v) is 11.2. The van der Waals surface area contributed by atoms with E-state index < -0.39 is 0 Å². The second kappa shape index (κ2) is 4.45. The summed E-state index contributed by atoms with van der Waals surface area (Å²) < 4.78 is 3.20. The number of benzene rings is 1. The average Bonchev–Trinajstić information content (AvgIpc) is 2.58. The van der Waals surface area contributed by atoms with E-state index in [0.717, 1.165) is 28.3 Å². The molecule has 1 aromatic carbocycles.